The lowest BCUT2D eigenvalue weighted by Gasteiger charge is -2.05. The fourth-order valence-electron chi connectivity index (χ4n) is 1.50. The van der Waals surface area contributed by atoms with Crippen LogP contribution in [0.4, 0.5) is 0 Å². The van der Waals surface area contributed by atoms with Gasteiger partial charge in [0, 0.05) is 31.9 Å². The van der Waals surface area contributed by atoms with Crippen LogP contribution in [0.1, 0.15) is 4.88 Å². The van der Waals surface area contributed by atoms with Crippen molar-refractivity contribution in [2.24, 2.45) is 5.73 Å². The standard InChI is InChI=1S/C11H12BrNOS/c12-11-8-3-1-2-4-9(8)15-10(11)5-7(13)6-14/h1-4,7,14H,5-6,13H2. The van der Waals surface area contributed by atoms with Gasteiger partial charge in [0.15, 0.2) is 0 Å². The van der Waals surface area contributed by atoms with Crippen LogP contribution in [-0.4, -0.2) is 17.8 Å². The van der Waals surface area contributed by atoms with E-state index in [-0.39, 0.29) is 12.6 Å². The van der Waals surface area contributed by atoms with Crippen LogP contribution in [0.2, 0.25) is 0 Å². The first kappa shape index (κ1) is 11.1. The zero-order valence-electron chi connectivity index (χ0n) is 8.11. The number of rotatable bonds is 3. The van der Waals surface area contributed by atoms with Gasteiger partial charge in [-0.1, -0.05) is 18.2 Å². The van der Waals surface area contributed by atoms with Crippen molar-refractivity contribution in [2.45, 2.75) is 12.5 Å². The second kappa shape index (κ2) is 4.61. The van der Waals surface area contributed by atoms with Gasteiger partial charge in [-0.05, 0) is 22.0 Å². The maximum atomic E-state index is 8.93. The number of aliphatic hydroxyl groups excluding tert-OH is 1. The number of thiophene rings is 1. The Morgan fingerprint density at radius 1 is 1.40 bits per heavy atom. The van der Waals surface area contributed by atoms with Gasteiger partial charge in [0.1, 0.15) is 0 Å². The Labute approximate surface area is 101 Å². The van der Waals surface area contributed by atoms with Gasteiger partial charge in [0.25, 0.3) is 0 Å². The zero-order chi connectivity index (χ0) is 10.8. The molecule has 80 valence electrons. The van der Waals surface area contributed by atoms with Crippen LogP contribution in [-0.2, 0) is 6.42 Å². The quantitative estimate of drug-likeness (QED) is 0.910. The summed E-state index contributed by atoms with van der Waals surface area (Å²) in [4.78, 5) is 1.21. The van der Waals surface area contributed by atoms with Gasteiger partial charge >= 0.3 is 0 Å². The maximum absolute atomic E-state index is 8.93. The molecule has 1 unspecified atom stereocenters. The molecule has 1 aromatic heterocycles. The first-order chi connectivity index (χ1) is 7.22. The summed E-state index contributed by atoms with van der Waals surface area (Å²) in [5, 5.41) is 10.2. The van der Waals surface area contributed by atoms with E-state index in [1.807, 2.05) is 12.1 Å². The summed E-state index contributed by atoms with van der Waals surface area (Å²) in [6, 6.07) is 8.06. The Morgan fingerprint density at radius 2 is 2.13 bits per heavy atom. The van der Waals surface area contributed by atoms with Gasteiger partial charge < -0.3 is 10.8 Å². The van der Waals surface area contributed by atoms with E-state index in [4.69, 9.17) is 10.8 Å². The summed E-state index contributed by atoms with van der Waals surface area (Å²) in [7, 11) is 0. The molecule has 1 aromatic carbocycles. The molecule has 0 radical (unpaired) electrons. The third kappa shape index (κ3) is 2.23. The molecule has 0 saturated carbocycles. The van der Waals surface area contributed by atoms with Crippen LogP contribution in [0.5, 0.6) is 0 Å². The van der Waals surface area contributed by atoms with Crippen molar-refractivity contribution in [1.29, 1.82) is 0 Å². The van der Waals surface area contributed by atoms with Gasteiger partial charge in [0.2, 0.25) is 0 Å². The molecule has 0 aliphatic carbocycles. The molecule has 15 heavy (non-hydrogen) atoms. The average molecular weight is 286 g/mol. The first-order valence-electron chi connectivity index (χ1n) is 4.74. The second-order valence-electron chi connectivity index (χ2n) is 3.48. The summed E-state index contributed by atoms with van der Waals surface area (Å²) in [6.07, 6.45) is 0.719. The highest BCUT2D eigenvalue weighted by Gasteiger charge is 2.11. The van der Waals surface area contributed by atoms with E-state index >= 15 is 0 Å². The molecule has 3 N–H and O–H groups in total. The van der Waals surface area contributed by atoms with Gasteiger partial charge in [-0.25, -0.2) is 0 Å². The summed E-state index contributed by atoms with van der Waals surface area (Å²) < 4.78 is 2.37. The van der Waals surface area contributed by atoms with E-state index in [0.717, 1.165) is 10.9 Å². The SMILES string of the molecule is NC(CO)Cc1sc2ccccc2c1Br. The molecule has 0 aliphatic heterocycles. The van der Waals surface area contributed by atoms with E-state index in [1.54, 1.807) is 11.3 Å². The summed E-state index contributed by atoms with van der Waals surface area (Å²) >= 11 is 5.31. The zero-order valence-corrected chi connectivity index (χ0v) is 10.5. The minimum absolute atomic E-state index is 0.0285. The lowest BCUT2D eigenvalue weighted by Crippen LogP contribution is -2.26. The molecule has 0 spiro atoms. The molecule has 4 heteroatoms. The molecule has 2 nitrogen and oxygen atoms in total. The first-order valence-corrected chi connectivity index (χ1v) is 6.35. The molecular weight excluding hydrogens is 274 g/mol. The van der Waals surface area contributed by atoms with Gasteiger partial charge in [-0.3, -0.25) is 0 Å². The molecule has 2 aromatic rings. The summed E-state index contributed by atoms with van der Waals surface area (Å²) in [5.41, 5.74) is 5.73. The Hall–Kier alpha value is -0.420. The van der Waals surface area contributed by atoms with E-state index in [2.05, 4.69) is 28.1 Å². The molecule has 1 atom stereocenters. The average Bonchev–Trinajstić information content (AvgIpc) is 2.57. The molecule has 1 heterocycles. The highest BCUT2D eigenvalue weighted by Crippen LogP contribution is 2.35. The van der Waals surface area contributed by atoms with Crippen LogP contribution in [0, 0.1) is 0 Å². The third-order valence-corrected chi connectivity index (χ3v) is 4.64. The number of benzene rings is 1. The van der Waals surface area contributed by atoms with E-state index < -0.39 is 0 Å². The van der Waals surface area contributed by atoms with Gasteiger partial charge in [-0.2, -0.15) is 0 Å². The summed E-state index contributed by atoms with van der Waals surface area (Å²) in [6.45, 7) is 0.0285. The number of aliphatic hydroxyl groups is 1. The van der Waals surface area contributed by atoms with E-state index in [9.17, 15) is 0 Å². The Kier molecular flexibility index (Phi) is 3.41. The lowest BCUT2D eigenvalue weighted by atomic mass is 10.2. The number of fused-ring (bicyclic) bond motifs is 1. The molecule has 0 amide bonds. The minimum Gasteiger partial charge on any atom is -0.395 e. The molecule has 0 aliphatic rings. The number of nitrogens with two attached hydrogens (primary N) is 1. The monoisotopic (exact) mass is 285 g/mol. The minimum atomic E-state index is -0.172. The normalized spacial score (nSPS) is 13.3. The second-order valence-corrected chi connectivity index (χ2v) is 5.41. The van der Waals surface area contributed by atoms with Crippen LogP contribution >= 0.6 is 27.3 Å². The molecule has 0 bridgehead atoms. The molecule has 0 fully saturated rings. The van der Waals surface area contributed by atoms with Crippen molar-refractivity contribution < 1.29 is 5.11 Å². The predicted molar refractivity (Wildman–Crippen MR) is 68.3 cm³/mol. The fraction of sp³-hybridized carbons (Fsp3) is 0.273. The van der Waals surface area contributed by atoms with Crippen molar-refractivity contribution >= 4 is 37.4 Å². The Bertz CT molecular complexity index is 469. The number of halogens is 1. The molecular formula is C11H12BrNOS. The van der Waals surface area contributed by atoms with E-state index in [0.29, 0.717) is 0 Å². The highest BCUT2D eigenvalue weighted by molar-refractivity contribution is 9.10. The number of hydrogen-bond donors (Lipinski definition) is 2. The van der Waals surface area contributed by atoms with Crippen LogP contribution in [0.15, 0.2) is 28.7 Å². The molecule has 0 saturated heterocycles. The smallest absolute Gasteiger partial charge is 0.0586 e. The lowest BCUT2D eigenvalue weighted by molar-refractivity contribution is 0.265. The topological polar surface area (TPSA) is 46.2 Å². The molecule has 2 rings (SSSR count). The van der Waals surface area contributed by atoms with Crippen molar-refractivity contribution in [3.63, 3.8) is 0 Å². The van der Waals surface area contributed by atoms with Crippen LogP contribution < -0.4 is 5.73 Å². The van der Waals surface area contributed by atoms with Crippen molar-refractivity contribution in [1.82, 2.24) is 0 Å². The maximum Gasteiger partial charge on any atom is 0.0586 e. The third-order valence-electron chi connectivity index (χ3n) is 2.28. The van der Waals surface area contributed by atoms with Crippen molar-refractivity contribution in [2.75, 3.05) is 6.61 Å². The van der Waals surface area contributed by atoms with Crippen LogP contribution in [0.3, 0.4) is 0 Å². The largest absolute Gasteiger partial charge is 0.395 e. The Morgan fingerprint density at radius 3 is 2.80 bits per heavy atom. The fourth-order valence-corrected chi connectivity index (χ4v) is 3.57. The van der Waals surface area contributed by atoms with Gasteiger partial charge in [-0.15, -0.1) is 11.3 Å². The Balaban J connectivity index is 2.40. The van der Waals surface area contributed by atoms with Gasteiger partial charge in [0.05, 0.1) is 6.61 Å². The van der Waals surface area contributed by atoms with Crippen LogP contribution in [0.25, 0.3) is 10.1 Å². The predicted octanol–water partition coefficient (Wildman–Crippen LogP) is 2.53. The van der Waals surface area contributed by atoms with Crippen molar-refractivity contribution in [3.05, 3.63) is 33.6 Å². The summed E-state index contributed by atoms with van der Waals surface area (Å²) in [5.74, 6) is 0. The van der Waals surface area contributed by atoms with Crippen molar-refractivity contribution in [3.8, 4) is 0 Å². The number of hydrogen-bond acceptors (Lipinski definition) is 3. The van der Waals surface area contributed by atoms with E-state index in [1.165, 1.54) is 15.0 Å². The highest BCUT2D eigenvalue weighted by atomic mass is 79.9.